The van der Waals surface area contributed by atoms with Gasteiger partial charge >= 0.3 is 5.97 Å². The van der Waals surface area contributed by atoms with Crippen molar-refractivity contribution in [3.63, 3.8) is 0 Å². The molecule has 2 aromatic rings. The first-order chi connectivity index (χ1) is 11.0. The number of esters is 1. The molecule has 0 aliphatic heterocycles. The molecule has 6 nitrogen and oxygen atoms in total. The van der Waals surface area contributed by atoms with Crippen molar-refractivity contribution < 1.29 is 14.3 Å². The molecule has 0 aliphatic rings. The molecular weight excluding hydrogens is 296 g/mol. The maximum atomic E-state index is 12.1. The van der Waals surface area contributed by atoms with Crippen LogP contribution in [0.4, 0.5) is 0 Å². The third-order valence-electron chi connectivity index (χ3n) is 3.24. The molecule has 1 atom stereocenters. The van der Waals surface area contributed by atoms with E-state index in [-0.39, 0.29) is 12.2 Å². The highest BCUT2D eigenvalue weighted by atomic mass is 16.6. The Labute approximate surface area is 134 Å². The number of ether oxygens (including phenoxy) is 2. The fraction of sp³-hybridized carbons (Fsp3) is 0.353. The average Bonchev–Trinajstić information content (AvgIpc) is 2.53. The summed E-state index contributed by atoms with van der Waals surface area (Å²) in [6, 6.07) is 4.99. The molecule has 1 unspecified atom stereocenters. The van der Waals surface area contributed by atoms with Gasteiger partial charge in [-0.05, 0) is 31.9 Å². The molecule has 0 bridgehead atoms. The molecular formula is C17H20N2O4. The first kappa shape index (κ1) is 16.9. The molecule has 23 heavy (non-hydrogen) atoms. The Morgan fingerprint density at radius 3 is 3.00 bits per heavy atom. The van der Waals surface area contributed by atoms with E-state index >= 15 is 0 Å². The lowest BCUT2D eigenvalue weighted by Crippen LogP contribution is -2.24. The minimum absolute atomic E-state index is 0.0619. The van der Waals surface area contributed by atoms with E-state index in [4.69, 9.17) is 9.47 Å². The van der Waals surface area contributed by atoms with E-state index in [2.05, 4.69) is 11.6 Å². The monoisotopic (exact) mass is 316 g/mol. The molecule has 2 rings (SSSR count). The molecule has 122 valence electrons. The third-order valence-corrected chi connectivity index (χ3v) is 3.24. The van der Waals surface area contributed by atoms with Gasteiger partial charge in [0.05, 0.1) is 12.3 Å². The zero-order valence-corrected chi connectivity index (χ0v) is 13.3. The number of pyridine rings is 1. The second-order valence-electron chi connectivity index (χ2n) is 5.22. The minimum atomic E-state index is -0.667. The summed E-state index contributed by atoms with van der Waals surface area (Å²) in [4.78, 5) is 28.2. The lowest BCUT2D eigenvalue weighted by Gasteiger charge is -2.12. The number of nitrogens with zero attached hydrogens (tertiary/aromatic N) is 2. The molecule has 0 amide bonds. The Kier molecular flexibility index (Phi) is 5.65. The summed E-state index contributed by atoms with van der Waals surface area (Å²) < 4.78 is 11.9. The summed E-state index contributed by atoms with van der Waals surface area (Å²) >= 11 is 0. The third kappa shape index (κ3) is 4.50. The molecule has 0 fully saturated rings. The zero-order chi connectivity index (χ0) is 16.8. The van der Waals surface area contributed by atoms with Crippen molar-refractivity contribution in [2.45, 2.75) is 33.0 Å². The molecule has 0 N–H and O–H groups in total. The lowest BCUT2D eigenvalue weighted by atomic mass is 10.3. The quantitative estimate of drug-likeness (QED) is 0.444. The molecule has 0 aromatic carbocycles. The van der Waals surface area contributed by atoms with Gasteiger partial charge in [-0.25, -0.2) is 9.78 Å². The largest absolute Gasteiger partial charge is 0.457 e. The predicted octanol–water partition coefficient (Wildman–Crippen LogP) is 2.03. The van der Waals surface area contributed by atoms with Crippen molar-refractivity contribution in [3.05, 3.63) is 58.7 Å². The summed E-state index contributed by atoms with van der Waals surface area (Å²) in [5.41, 5.74) is 1.68. The maximum absolute atomic E-state index is 12.1. The van der Waals surface area contributed by atoms with Gasteiger partial charge in [-0.15, -0.1) is 6.58 Å². The van der Waals surface area contributed by atoms with Crippen LogP contribution in [0, 0.1) is 6.92 Å². The van der Waals surface area contributed by atoms with E-state index in [1.54, 1.807) is 25.3 Å². The fourth-order valence-corrected chi connectivity index (χ4v) is 1.99. The molecule has 2 aromatic heterocycles. The van der Waals surface area contributed by atoms with Gasteiger partial charge < -0.3 is 9.47 Å². The topological polar surface area (TPSA) is 69.9 Å². The van der Waals surface area contributed by atoms with Gasteiger partial charge in [-0.1, -0.05) is 12.1 Å². The molecule has 0 spiro atoms. The van der Waals surface area contributed by atoms with Gasteiger partial charge in [0.25, 0.3) is 5.56 Å². The van der Waals surface area contributed by atoms with Crippen LogP contribution in [0.25, 0.3) is 5.65 Å². The Hall–Kier alpha value is -2.47. The summed E-state index contributed by atoms with van der Waals surface area (Å²) in [6.45, 7) is 7.45. The molecule has 0 aliphatic carbocycles. The highest BCUT2D eigenvalue weighted by Gasteiger charge is 2.15. The van der Waals surface area contributed by atoms with Crippen LogP contribution in [0.1, 0.15) is 24.6 Å². The fourth-order valence-electron chi connectivity index (χ4n) is 1.99. The van der Waals surface area contributed by atoms with Gasteiger partial charge in [0, 0.05) is 12.3 Å². The second-order valence-corrected chi connectivity index (χ2v) is 5.22. The van der Waals surface area contributed by atoms with E-state index in [1.807, 2.05) is 13.0 Å². The normalized spacial score (nSPS) is 12.1. The van der Waals surface area contributed by atoms with Gasteiger partial charge in [-0.2, -0.15) is 0 Å². The number of fused-ring (bicyclic) bond motifs is 1. The van der Waals surface area contributed by atoms with Crippen LogP contribution < -0.4 is 5.56 Å². The van der Waals surface area contributed by atoms with E-state index in [0.717, 1.165) is 5.56 Å². The highest BCUT2D eigenvalue weighted by Crippen LogP contribution is 2.05. The smallest absolute Gasteiger partial charge is 0.335 e. The Morgan fingerprint density at radius 2 is 2.26 bits per heavy atom. The van der Waals surface area contributed by atoms with Crippen LogP contribution in [0.2, 0.25) is 0 Å². The standard InChI is InChI=1S/C17H20N2O4/c1-4-5-8-22-13(3)17(21)23-11-14-9-16(20)19-10-12(2)6-7-15(19)18-14/h4,6-7,9-10,13H,1,5,8,11H2,2-3H3. The number of rotatable bonds is 7. The Morgan fingerprint density at radius 1 is 1.48 bits per heavy atom. The highest BCUT2D eigenvalue weighted by molar-refractivity contribution is 5.74. The van der Waals surface area contributed by atoms with E-state index in [1.165, 1.54) is 10.5 Å². The molecule has 2 heterocycles. The predicted molar refractivity (Wildman–Crippen MR) is 86.2 cm³/mol. The van der Waals surface area contributed by atoms with Crippen molar-refractivity contribution in [2.75, 3.05) is 6.61 Å². The molecule has 6 heteroatoms. The van der Waals surface area contributed by atoms with Crippen LogP contribution in [0.3, 0.4) is 0 Å². The van der Waals surface area contributed by atoms with Gasteiger partial charge in [-0.3, -0.25) is 9.20 Å². The van der Waals surface area contributed by atoms with Crippen LogP contribution >= 0.6 is 0 Å². The number of hydrogen-bond donors (Lipinski definition) is 0. The summed E-state index contributed by atoms with van der Waals surface area (Å²) in [6.07, 6.45) is 3.43. The number of carbonyl (C=O) groups excluding carboxylic acids is 1. The van der Waals surface area contributed by atoms with Crippen LogP contribution in [-0.2, 0) is 20.9 Å². The summed E-state index contributed by atoms with van der Waals surface area (Å²) in [7, 11) is 0. The zero-order valence-electron chi connectivity index (χ0n) is 13.3. The number of hydrogen-bond acceptors (Lipinski definition) is 5. The van der Waals surface area contributed by atoms with Crippen LogP contribution in [0.5, 0.6) is 0 Å². The van der Waals surface area contributed by atoms with Crippen molar-refractivity contribution >= 4 is 11.6 Å². The van der Waals surface area contributed by atoms with Crippen molar-refractivity contribution in [1.29, 1.82) is 0 Å². The first-order valence-electron chi connectivity index (χ1n) is 7.39. The van der Waals surface area contributed by atoms with E-state index in [0.29, 0.717) is 24.4 Å². The Bertz CT molecular complexity index is 767. The first-order valence-corrected chi connectivity index (χ1v) is 7.39. The average molecular weight is 316 g/mol. The lowest BCUT2D eigenvalue weighted by molar-refractivity contribution is -0.157. The molecule has 0 saturated carbocycles. The van der Waals surface area contributed by atoms with Crippen LogP contribution in [-0.4, -0.2) is 28.1 Å². The summed E-state index contributed by atoms with van der Waals surface area (Å²) in [5, 5.41) is 0. The van der Waals surface area contributed by atoms with Gasteiger partial charge in [0.2, 0.25) is 0 Å². The second kappa shape index (κ2) is 7.69. The molecule has 0 saturated heterocycles. The SMILES string of the molecule is C=CCCOC(C)C(=O)OCc1cc(=O)n2cc(C)ccc2n1. The number of carbonyl (C=O) groups is 1. The van der Waals surface area contributed by atoms with E-state index < -0.39 is 12.1 Å². The molecule has 0 radical (unpaired) electrons. The van der Waals surface area contributed by atoms with Crippen molar-refractivity contribution in [1.82, 2.24) is 9.38 Å². The maximum Gasteiger partial charge on any atom is 0.335 e. The van der Waals surface area contributed by atoms with Gasteiger partial charge in [0.15, 0.2) is 6.10 Å². The minimum Gasteiger partial charge on any atom is -0.457 e. The van der Waals surface area contributed by atoms with Crippen molar-refractivity contribution in [2.24, 2.45) is 0 Å². The van der Waals surface area contributed by atoms with Crippen molar-refractivity contribution in [3.8, 4) is 0 Å². The Balaban J connectivity index is 2.02. The number of aromatic nitrogens is 2. The number of aryl methyl sites for hydroxylation is 1. The summed E-state index contributed by atoms with van der Waals surface area (Å²) in [5.74, 6) is -0.486. The van der Waals surface area contributed by atoms with E-state index in [9.17, 15) is 9.59 Å². The van der Waals surface area contributed by atoms with Crippen LogP contribution in [0.15, 0.2) is 41.8 Å². The van der Waals surface area contributed by atoms with Gasteiger partial charge in [0.1, 0.15) is 12.3 Å².